The number of hydrogen-bond acceptors (Lipinski definition) is 5. The van der Waals surface area contributed by atoms with Gasteiger partial charge in [-0.15, -0.1) is 0 Å². The minimum absolute atomic E-state index is 0.0528. The molecule has 3 rings (SSSR count). The van der Waals surface area contributed by atoms with E-state index in [2.05, 4.69) is 10.6 Å². The fourth-order valence-electron chi connectivity index (χ4n) is 3.06. The van der Waals surface area contributed by atoms with Crippen molar-refractivity contribution in [1.82, 2.24) is 5.32 Å². The third-order valence-electron chi connectivity index (χ3n) is 4.67. The number of ether oxygens (including phenoxy) is 3. The number of para-hydroxylation sites is 1. The van der Waals surface area contributed by atoms with Crippen LogP contribution in [0.25, 0.3) is 0 Å². The lowest BCUT2D eigenvalue weighted by Crippen LogP contribution is -2.34. The van der Waals surface area contributed by atoms with Crippen molar-refractivity contribution in [3.05, 3.63) is 54.1 Å². The summed E-state index contributed by atoms with van der Waals surface area (Å²) in [7, 11) is 1.57. The van der Waals surface area contributed by atoms with Crippen LogP contribution in [0.15, 0.2) is 48.5 Å². The Labute approximate surface area is 170 Å². The molecule has 154 valence electrons. The van der Waals surface area contributed by atoms with Crippen LogP contribution >= 0.6 is 0 Å². The minimum atomic E-state index is -0.759. The van der Waals surface area contributed by atoms with Crippen molar-refractivity contribution < 1.29 is 23.8 Å². The van der Waals surface area contributed by atoms with E-state index in [1.807, 2.05) is 0 Å². The zero-order chi connectivity index (χ0) is 20.6. The summed E-state index contributed by atoms with van der Waals surface area (Å²) in [6.45, 7) is 2.84. The minimum Gasteiger partial charge on any atom is -0.497 e. The molecule has 1 saturated heterocycles. The molecule has 29 heavy (non-hydrogen) atoms. The Morgan fingerprint density at radius 2 is 1.97 bits per heavy atom. The summed E-state index contributed by atoms with van der Waals surface area (Å²) in [5.41, 5.74) is 0.829. The van der Waals surface area contributed by atoms with Gasteiger partial charge in [0.15, 0.2) is 6.10 Å². The Morgan fingerprint density at radius 1 is 1.17 bits per heavy atom. The zero-order valence-electron chi connectivity index (χ0n) is 16.6. The zero-order valence-corrected chi connectivity index (χ0v) is 16.6. The molecule has 0 aliphatic carbocycles. The first-order valence-corrected chi connectivity index (χ1v) is 9.67. The molecule has 0 bridgehead atoms. The van der Waals surface area contributed by atoms with Crippen molar-refractivity contribution in [2.45, 2.75) is 32.0 Å². The van der Waals surface area contributed by atoms with Crippen LogP contribution in [0, 0.1) is 0 Å². The Balaban J connectivity index is 1.61. The van der Waals surface area contributed by atoms with Gasteiger partial charge in [-0.25, -0.2) is 0 Å². The number of rotatable bonds is 8. The second-order valence-corrected chi connectivity index (χ2v) is 6.82. The van der Waals surface area contributed by atoms with E-state index in [0.29, 0.717) is 29.3 Å². The smallest absolute Gasteiger partial charge is 0.265 e. The molecular formula is C22H26N2O5. The Kier molecular flexibility index (Phi) is 7.08. The van der Waals surface area contributed by atoms with E-state index in [1.54, 1.807) is 62.6 Å². The quantitative estimate of drug-likeness (QED) is 0.714. The molecule has 2 N–H and O–H groups in total. The predicted molar refractivity (Wildman–Crippen MR) is 109 cm³/mol. The summed E-state index contributed by atoms with van der Waals surface area (Å²) in [6, 6.07) is 13.9. The number of benzene rings is 2. The molecule has 7 heteroatoms. The van der Waals surface area contributed by atoms with Crippen LogP contribution in [-0.2, 0) is 9.53 Å². The summed E-state index contributed by atoms with van der Waals surface area (Å²) >= 11 is 0. The monoisotopic (exact) mass is 398 g/mol. The van der Waals surface area contributed by atoms with Gasteiger partial charge in [-0.05, 0) is 44.0 Å². The lowest BCUT2D eigenvalue weighted by Gasteiger charge is -2.17. The number of methoxy groups -OCH3 is 1. The van der Waals surface area contributed by atoms with Gasteiger partial charge in [0.2, 0.25) is 0 Å². The van der Waals surface area contributed by atoms with Crippen LogP contribution in [0.3, 0.4) is 0 Å². The molecule has 1 fully saturated rings. The number of hydrogen-bond donors (Lipinski definition) is 2. The van der Waals surface area contributed by atoms with Crippen molar-refractivity contribution in [3.63, 3.8) is 0 Å². The molecule has 2 aromatic rings. The third kappa shape index (κ3) is 5.71. The highest BCUT2D eigenvalue weighted by molar-refractivity contribution is 6.04. The first-order chi connectivity index (χ1) is 14.1. The Hall–Kier alpha value is -3.06. The third-order valence-corrected chi connectivity index (χ3v) is 4.67. The maximum absolute atomic E-state index is 12.6. The summed E-state index contributed by atoms with van der Waals surface area (Å²) in [5.74, 6) is 0.558. The molecule has 0 saturated carbocycles. The summed E-state index contributed by atoms with van der Waals surface area (Å²) in [5, 5.41) is 5.66. The van der Waals surface area contributed by atoms with E-state index < -0.39 is 6.10 Å². The number of amides is 2. The molecular weight excluding hydrogens is 372 g/mol. The topological polar surface area (TPSA) is 85.9 Å². The second kappa shape index (κ2) is 9.93. The van der Waals surface area contributed by atoms with Gasteiger partial charge in [0.1, 0.15) is 11.5 Å². The molecule has 2 atom stereocenters. The highest BCUT2D eigenvalue weighted by Crippen LogP contribution is 2.21. The molecule has 2 aromatic carbocycles. The van der Waals surface area contributed by atoms with Gasteiger partial charge in [0.25, 0.3) is 11.8 Å². The van der Waals surface area contributed by atoms with Crippen LogP contribution in [0.4, 0.5) is 5.69 Å². The van der Waals surface area contributed by atoms with E-state index in [4.69, 9.17) is 14.2 Å². The first kappa shape index (κ1) is 20.7. The lowest BCUT2D eigenvalue weighted by molar-refractivity contribution is -0.122. The number of carbonyl (C=O) groups excluding carboxylic acids is 2. The largest absolute Gasteiger partial charge is 0.497 e. The van der Waals surface area contributed by atoms with Crippen LogP contribution < -0.4 is 20.1 Å². The number of anilines is 1. The normalized spacial score (nSPS) is 16.7. The average molecular weight is 398 g/mol. The van der Waals surface area contributed by atoms with Crippen molar-refractivity contribution >= 4 is 17.5 Å². The van der Waals surface area contributed by atoms with Crippen molar-refractivity contribution in [3.8, 4) is 11.5 Å². The van der Waals surface area contributed by atoms with Crippen molar-refractivity contribution in [2.75, 3.05) is 25.6 Å². The van der Waals surface area contributed by atoms with E-state index in [0.717, 1.165) is 19.4 Å². The Bertz CT molecular complexity index is 849. The van der Waals surface area contributed by atoms with E-state index >= 15 is 0 Å². The molecule has 1 aliphatic heterocycles. The fraction of sp³-hybridized carbons (Fsp3) is 0.364. The SMILES string of the molecule is COc1cccc(O[C@H](C)C(=O)Nc2ccccc2C(=O)NC[C@H]2CCCO2)c1. The molecule has 0 spiro atoms. The highest BCUT2D eigenvalue weighted by atomic mass is 16.5. The maximum atomic E-state index is 12.6. The van der Waals surface area contributed by atoms with Gasteiger partial charge >= 0.3 is 0 Å². The van der Waals surface area contributed by atoms with Gasteiger partial charge in [0, 0.05) is 19.2 Å². The standard InChI is InChI=1S/C22H26N2O5/c1-15(29-17-8-5-7-16(13-17)27-2)21(25)24-20-11-4-3-10-19(20)22(26)23-14-18-9-6-12-28-18/h3-5,7-8,10-11,13,15,18H,6,9,12,14H2,1-2H3,(H,23,26)(H,24,25)/t15-,18-/m1/s1. The highest BCUT2D eigenvalue weighted by Gasteiger charge is 2.20. The molecule has 0 aromatic heterocycles. The van der Waals surface area contributed by atoms with Gasteiger partial charge in [0.05, 0.1) is 24.5 Å². The van der Waals surface area contributed by atoms with E-state index in [-0.39, 0.29) is 17.9 Å². The van der Waals surface area contributed by atoms with Gasteiger partial charge in [-0.2, -0.15) is 0 Å². The first-order valence-electron chi connectivity index (χ1n) is 9.67. The lowest BCUT2D eigenvalue weighted by atomic mass is 10.1. The Morgan fingerprint density at radius 3 is 2.72 bits per heavy atom. The second-order valence-electron chi connectivity index (χ2n) is 6.82. The molecule has 1 heterocycles. The molecule has 0 radical (unpaired) electrons. The van der Waals surface area contributed by atoms with Crippen molar-refractivity contribution in [2.24, 2.45) is 0 Å². The van der Waals surface area contributed by atoms with E-state index in [1.165, 1.54) is 0 Å². The summed E-state index contributed by atoms with van der Waals surface area (Å²) in [4.78, 5) is 25.2. The average Bonchev–Trinajstić information content (AvgIpc) is 3.26. The van der Waals surface area contributed by atoms with Crippen LogP contribution in [0.5, 0.6) is 11.5 Å². The van der Waals surface area contributed by atoms with Crippen LogP contribution in [-0.4, -0.2) is 44.3 Å². The van der Waals surface area contributed by atoms with Crippen molar-refractivity contribution in [1.29, 1.82) is 0 Å². The van der Waals surface area contributed by atoms with Crippen LogP contribution in [0.1, 0.15) is 30.1 Å². The molecule has 2 amide bonds. The van der Waals surface area contributed by atoms with Gasteiger partial charge in [-0.3, -0.25) is 9.59 Å². The number of carbonyl (C=O) groups is 2. The van der Waals surface area contributed by atoms with Crippen LogP contribution in [0.2, 0.25) is 0 Å². The molecule has 1 aliphatic rings. The predicted octanol–water partition coefficient (Wildman–Crippen LogP) is 3.01. The maximum Gasteiger partial charge on any atom is 0.265 e. The molecule has 0 unspecified atom stereocenters. The van der Waals surface area contributed by atoms with Gasteiger partial charge < -0.3 is 24.8 Å². The van der Waals surface area contributed by atoms with Gasteiger partial charge in [-0.1, -0.05) is 18.2 Å². The summed E-state index contributed by atoms with van der Waals surface area (Å²) in [6.07, 6.45) is 1.25. The molecule has 7 nitrogen and oxygen atoms in total. The number of nitrogens with one attached hydrogen (secondary N) is 2. The fourth-order valence-corrected chi connectivity index (χ4v) is 3.06. The van der Waals surface area contributed by atoms with E-state index in [9.17, 15) is 9.59 Å². The summed E-state index contributed by atoms with van der Waals surface area (Å²) < 4.78 is 16.4.